The van der Waals surface area contributed by atoms with Crippen molar-refractivity contribution in [3.8, 4) is 0 Å². The zero-order chi connectivity index (χ0) is 20.3. The Balaban J connectivity index is 1.78. The summed E-state index contributed by atoms with van der Waals surface area (Å²) in [7, 11) is 1.38. The maximum absolute atomic E-state index is 12.6. The van der Waals surface area contributed by atoms with Crippen LogP contribution < -0.4 is 4.90 Å². The molecule has 2 aromatic rings. The molecule has 0 bridgehead atoms. The first-order valence-electron chi connectivity index (χ1n) is 9.04. The molecule has 0 aliphatic carbocycles. The van der Waals surface area contributed by atoms with Crippen molar-refractivity contribution in [1.82, 2.24) is 14.7 Å². The molecule has 144 valence electrons. The molecule has 28 heavy (non-hydrogen) atoms. The van der Waals surface area contributed by atoms with Crippen molar-refractivity contribution in [1.29, 1.82) is 0 Å². The standard InChI is InChI=1S/C19H22N4O3.2Pb/c1-14-11-18(20-23(14)12-16-7-5-4-6-8-16)21-9-10-22(15(2)24)17(13-21)19(25)26-3;;/h2,4-8,11,17H,9-10,12-13H2,1,3H3;;. The second kappa shape index (κ2) is 9.68. The SMILES string of the molecule is COC(=O)C1CN(c2cc(C)n(Cc3ccccc3)n2)CCN1C(=O)[CH]([Pb])[Pb]. The van der Waals surface area contributed by atoms with E-state index >= 15 is 0 Å². The Morgan fingerprint density at radius 2 is 1.96 bits per heavy atom. The van der Waals surface area contributed by atoms with Gasteiger partial charge in [0.25, 0.3) is 0 Å². The molecule has 6 radical (unpaired) electrons. The second-order valence-corrected chi connectivity index (χ2v) is 20.0. The van der Waals surface area contributed by atoms with Gasteiger partial charge in [-0.25, -0.2) is 0 Å². The van der Waals surface area contributed by atoms with E-state index in [4.69, 9.17) is 9.84 Å². The molecule has 7 nitrogen and oxygen atoms in total. The van der Waals surface area contributed by atoms with Crippen molar-refractivity contribution in [2.75, 3.05) is 31.6 Å². The number of rotatable bonds is 5. The van der Waals surface area contributed by atoms with Crippen LogP contribution in [0, 0.1) is 6.92 Å². The third-order valence-corrected chi connectivity index (χ3v) is 6.77. The minimum atomic E-state index is -0.573. The molecule has 9 heteroatoms. The first-order chi connectivity index (χ1) is 13.4. The van der Waals surface area contributed by atoms with E-state index in [-0.39, 0.29) is 12.9 Å². The molecule has 3 rings (SSSR count). The molecule has 1 unspecified atom stereocenters. The molecule has 0 spiro atoms. The van der Waals surface area contributed by atoms with Gasteiger partial charge >= 0.3 is 180 Å². The number of amides is 1. The van der Waals surface area contributed by atoms with Crippen LogP contribution in [0.25, 0.3) is 0 Å². The summed E-state index contributed by atoms with van der Waals surface area (Å²) < 4.78 is 7.07. The van der Waals surface area contributed by atoms with E-state index in [0.717, 1.165) is 63.0 Å². The van der Waals surface area contributed by atoms with E-state index in [2.05, 4.69) is 17.0 Å². The molecule has 1 amide bonds. The van der Waals surface area contributed by atoms with Crippen molar-refractivity contribution in [2.45, 2.75) is 20.5 Å². The number of benzene rings is 1. The van der Waals surface area contributed by atoms with Gasteiger partial charge in [0.1, 0.15) is 0 Å². The predicted octanol–water partition coefficient (Wildman–Crippen LogP) is 0.513. The van der Waals surface area contributed by atoms with E-state index < -0.39 is 6.04 Å². The fraction of sp³-hybridized carbons (Fsp3) is 0.421. The maximum atomic E-state index is 12.6. The van der Waals surface area contributed by atoms with E-state index in [1.54, 1.807) is 4.90 Å². The average molecular weight is 769 g/mol. The Morgan fingerprint density at radius 3 is 2.61 bits per heavy atom. The normalized spacial score (nSPS) is 17.1. The van der Waals surface area contributed by atoms with E-state index in [9.17, 15) is 9.59 Å². The van der Waals surface area contributed by atoms with Crippen LogP contribution in [0.5, 0.6) is 0 Å². The first kappa shape index (κ1) is 21.7. The van der Waals surface area contributed by atoms with Gasteiger partial charge in [-0.15, -0.1) is 0 Å². The molecule has 1 fully saturated rings. The quantitative estimate of drug-likeness (QED) is 0.328. The van der Waals surface area contributed by atoms with Crippen LogP contribution in [0.15, 0.2) is 36.4 Å². The number of carbonyl (C=O) groups excluding carboxylic acids is 2. The van der Waals surface area contributed by atoms with E-state index in [1.807, 2.05) is 35.9 Å². The zero-order valence-corrected chi connectivity index (χ0v) is 23.7. The van der Waals surface area contributed by atoms with Crippen LogP contribution in [0.3, 0.4) is 0 Å². The number of ether oxygens (including phenoxy) is 1. The fourth-order valence-corrected chi connectivity index (χ4v) is 4.61. The van der Waals surface area contributed by atoms with Gasteiger partial charge in [-0.2, -0.15) is 0 Å². The molecule has 1 aliphatic rings. The summed E-state index contributed by atoms with van der Waals surface area (Å²) in [5.41, 5.74) is 2.25. The topological polar surface area (TPSA) is 67.7 Å². The van der Waals surface area contributed by atoms with Crippen molar-refractivity contribution in [3.63, 3.8) is 0 Å². The average Bonchev–Trinajstić information content (AvgIpc) is 3.07. The summed E-state index contributed by atoms with van der Waals surface area (Å²) >= 11 is 1.65. The summed E-state index contributed by atoms with van der Waals surface area (Å²) in [4.78, 5) is 28.7. The number of hydrogen-bond acceptors (Lipinski definition) is 5. The van der Waals surface area contributed by atoms with Gasteiger partial charge < -0.3 is 0 Å². The molecule has 1 aliphatic heterocycles. The molecule has 0 saturated carbocycles. The number of carbonyl (C=O) groups is 2. The number of nitrogens with zero attached hydrogens (tertiary/aromatic N) is 4. The Kier molecular flexibility index (Phi) is 7.50. The van der Waals surface area contributed by atoms with Crippen LogP contribution in [0.2, 0.25) is 1.04 Å². The van der Waals surface area contributed by atoms with Gasteiger partial charge in [-0.05, 0) is 0 Å². The Morgan fingerprint density at radius 1 is 1.25 bits per heavy atom. The van der Waals surface area contributed by atoms with Crippen molar-refractivity contribution < 1.29 is 14.3 Å². The number of aryl methyl sites for hydroxylation is 1. The molecule has 0 N–H and O–H groups in total. The molecular weight excluding hydrogens is 747 g/mol. The van der Waals surface area contributed by atoms with Crippen LogP contribution in [0.1, 0.15) is 11.3 Å². The number of hydrogen-bond donors (Lipinski definition) is 0. The summed E-state index contributed by atoms with van der Waals surface area (Å²) in [6.07, 6.45) is 0. The number of esters is 1. The predicted molar refractivity (Wildman–Crippen MR) is 107 cm³/mol. The van der Waals surface area contributed by atoms with Crippen LogP contribution >= 0.6 is 0 Å². The summed E-state index contributed by atoms with van der Waals surface area (Å²) in [6, 6.07) is 11.7. The monoisotopic (exact) mass is 770 g/mol. The molecule has 1 aromatic carbocycles. The molecule has 1 saturated heterocycles. The van der Waals surface area contributed by atoms with Crippen LogP contribution in [-0.2, 0) is 20.9 Å². The first-order valence-corrected chi connectivity index (χ1v) is 13.5. The van der Waals surface area contributed by atoms with Gasteiger partial charge in [-0.3, -0.25) is 0 Å². The fourth-order valence-electron chi connectivity index (χ4n) is 3.32. The Hall–Kier alpha value is -0.986. The Labute approximate surface area is 196 Å². The zero-order valence-electron chi connectivity index (χ0n) is 16.0. The number of anilines is 1. The van der Waals surface area contributed by atoms with Crippen molar-refractivity contribution in [3.05, 3.63) is 47.7 Å². The van der Waals surface area contributed by atoms with Gasteiger partial charge in [0.2, 0.25) is 0 Å². The van der Waals surface area contributed by atoms with Crippen LogP contribution in [-0.4, -0.2) is 111 Å². The molecule has 1 atom stereocenters. The molecular formula is C19H22N4O3Pb2. The summed E-state index contributed by atoms with van der Waals surface area (Å²) in [5.74, 6) is 0.573. The second-order valence-electron chi connectivity index (χ2n) is 6.74. The molecule has 2 heterocycles. The van der Waals surface area contributed by atoms with Gasteiger partial charge in [0.15, 0.2) is 0 Å². The number of methoxy groups -OCH3 is 1. The third-order valence-electron chi connectivity index (χ3n) is 4.85. The van der Waals surface area contributed by atoms with Gasteiger partial charge in [0, 0.05) is 0 Å². The van der Waals surface area contributed by atoms with E-state index in [0.29, 0.717) is 26.2 Å². The third kappa shape index (κ3) is 4.94. The van der Waals surface area contributed by atoms with Crippen molar-refractivity contribution in [2.24, 2.45) is 0 Å². The minimum absolute atomic E-state index is 0.0965. The number of aromatic nitrogens is 2. The Bertz CT molecular complexity index is 841. The van der Waals surface area contributed by atoms with Crippen molar-refractivity contribution >= 4 is 69.2 Å². The van der Waals surface area contributed by atoms with E-state index in [1.165, 1.54) is 12.7 Å². The summed E-state index contributed by atoms with van der Waals surface area (Å²) in [5, 5.41) is 4.75. The van der Waals surface area contributed by atoms with Crippen LogP contribution in [0.4, 0.5) is 5.82 Å². The number of piperazine rings is 1. The summed E-state index contributed by atoms with van der Waals surface area (Å²) in [6.45, 7) is 4.33. The van der Waals surface area contributed by atoms with Gasteiger partial charge in [0.05, 0.1) is 0 Å². The van der Waals surface area contributed by atoms with Gasteiger partial charge in [-0.1, -0.05) is 18.2 Å². The molecule has 1 aromatic heterocycles.